The normalized spacial score (nSPS) is 15.1. The Morgan fingerprint density at radius 3 is 2.50 bits per heavy atom. The zero-order chi connectivity index (χ0) is 10.6. The predicted octanol–water partition coefficient (Wildman–Crippen LogP) is 1.71. The minimum Gasteiger partial charge on any atom is -0.390 e. The van der Waals surface area contributed by atoms with E-state index in [1.165, 1.54) is 0 Å². The maximum atomic E-state index is 9.82. The third kappa shape index (κ3) is 2.74. The monoisotopic (exact) mass is 212 g/mol. The first-order valence-electron chi connectivity index (χ1n) is 4.69. The van der Waals surface area contributed by atoms with Crippen LogP contribution in [0.3, 0.4) is 0 Å². The number of hydrogen-bond acceptors (Lipinski definition) is 3. The van der Waals surface area contributed by atoms with E-state index >= 15 is 0 Å². The number of rotatable bonds is 4. The van der Waals surface area contributed by atoms with Crippen LogP contribution >= 0.6 is 12.6 Å². The summed E-state index contributed by atoms with van der Waals surface area (Å²) in [7, 11) is 0. The fourth-order valence-electron chi connectivity index (χ4n) is 1.42. The number of benzene rings is 1. The lowest BCUT2D eigenvalue weighted by Crippen LogP contribution is -2.19. The van der Waals surface area contributed by atoms with Crippen molar-refractivity contribution < 1.29 is 10.2 Å². The van der Waals surface area contributed by atoms with Crippen LogP contribution in [0, 0.1) is 6.92 Å². The maximum absolute atomic E-state index is 9.82. The molecule has 3 heteroatoms. The van der Waals surface area contributed by atoms with Gasteiger partial charge in [-0.2, -0.15) is 12.6 Å². The first kappa shape index (κ1) is 11.6. The van der Waals surface area contributed by atoms with Gasteiger partial charge in [0.05, 0.1) is 6.10 Å². The topological polar surface area (TPSA) is 40.5 Å². The minimum atomic E-state index is -0.802. The van der Waals surface area contributed by atoms with E-state index in [9.17, 15) is 10.2 Å². The van der Waals surface area contributed by atoms with Crippen LogP contribution in [0.15, 0.2) is 24.3 Å². The molecule has 1 aromatic carbocycles. The van der Waals surface area contributed by atoms with Crippen molar-refractivity contribution in [3.63, 3.8) is 0 Å². The Morgan fingerprint density at radius 1 is 1.29 bits per heavy atom. The summed E-state index contributed by atoms with van der Waals surface area (Å²) in [6.45, 7) is 1.92. The lowest BCUT2D eigenvalue weighted by molar-refractivity contribution is 0.0169. The fraction of sp³-hybridized carbons (Fsp3) is 0.455. The highest BCUT2D eigenvalue weighted by molar-refractivity contribution is 7.80. The Bertz CT molecular complexity index is 288. The van der Waals surface area contributed by atoms with Crippen molar-refractivity contribution in [1.82, 2.24) is 0 Å². The third-order valence-corrected chi connectivity index (χ3v) is 2.55. The van der Waals surface area contributed by atoms with Crippen LogP contribution in [0.1, 0.15) is 23.7 Å². The molecule has 14 heavy (non-hydrogen) atoms. The molecule has 0 heterocycles. The molecule has 0 aromatic heterocycles. The van der Waals surface area contributed by atoms with Gasteiger partial charge in [-0.25, -0.2) is 0 Å². The Hall–Kier alpha value is -0.510. The predicted molar refractivity (Wildman–Crippen MR) is 60.6 cm³/mol. The van der Waals surface area contributed by atoms with Crippen LogP contribution in [-0.2, 0) is 0 Å². The Kier molecular flexibility index (Phi) is 4.45. The smallest absolute Gasteiger partial charge is 0.105 e. The first-order chi connectivity index (χ1) is 6.66. The summed E-state index contributed by atoms with van der Waals surface area (Å²) < 4.78 is 0. The average Bonchev–Trinajstić information content (AvgIpc) is 2.18. The van der Waals surface area contributed by atoms with Gasteiger partial charge in [-0.1, -0.05) is 24.3 Å². The summed E-state index contributed by atoms with van der Waals surface area (Å²) in [5.41, 5.74) is 1.79. The van der Waals surface area contributed by atoms with Gasteiger partial charge in [0.15, 0.2) is 0 Å². The van der Waals surface area contributed by atoms with E-state index in [-0.39, 0.29) is 0 Å². The van der Waals surface area contributed by atoms with Crippen LogP contribution in [0.25, 0.3) is 0 Å². The van der Waals surface area contributed by atoms with Gasteiger partial charge in [0, 0.05) is 0 Å². The largest absolute Gasteiger partial charge is 0.390 e. The van der Waals surface area contributed by atoms with Gasteiger partial charge < -0.3 is 10.2 Å². The van der Waals surface area contributed by atoms with Crippen molar-refractivity contribution in [2.75, 3.05) is 5.75 Å². The summed E-state index contributed by atoms with van der Waals surface area (Å²) in [5, 5.41) is 19.4. The Balaban J connectivity index is 2.78. The molecule has 2 atom stereocenters. The van der Waals surface area contributed by atoms with Crippen molar-refractivity contribution in [2.45, 2.75) is 25.6 Å². The molecule has 0 saturated heterocycles. The lowest BCUT2D eigenvalue weighted by atomic mass is 9.98. The van der Waals surface area contributed by atoms with Gasteiger partial charge in [-0.15, -0.1) is 0 Å². The quantitative estimate of drug-likeness (QED) is 0.665. The molecule has 0 aliphatic rings. The second-order valence-electron chi connectivity index (χ2n) is 3.38. The molecule has 0 bridgehead atoms. The second-order valence-corrected chi connectivity index (χ2v) is 3.83. The number of hydrogen-bond donors (Lipinski definition) is 3. The van der Waals surface area contributed by atoms with Gasteiger partial charge in [0.2, 0.25) is 0 Å². The molecule has 0 amide bonds. The van der Waals surface area contributed by atoms with Crippen molar-refractivity contribution in [1.29, 1.82) is 0 Å². The Morgan fingerprint density at radius 2 is 1.93 bits per heavy atom. The number of aliphatic hydroxyl groups is 2. The molecule has 2 nitrogen and oxygen atoms in total. The van der Waals surface area contributed by atoms with Gasteiger partial charge >= 0.3 is 0 Å². The molecule has 0 fully saturated rings. The van der Waals surface area contributed by atoms with Crippen LogP contribution in [0.5, 0.6) is 0 Å². The molecule has 0 spiro atoms. The zero-order valence-corrected chi connectivity index (χ0v) is 9.11. The van der Waals surface area contributed by atoms with E-state index in [1.54, 1.807) is 0 Å². The molecule has 2 N–H and O–H groups in total. The van der Waals surface area contributed by atoms with Crippen LogP contribution in [0.4, 0.5) is 0 Å². The van der Waals surface area contributed by atoms with E-state index in [4.69, 9.17) is 0 Å². The zero-order valence-electron chi connectivity index (χ0n) is 8.22. The van der Waals surface area contributed by atoms with Crippen molar-refractivity contribution in [2.24, 2.45) is 0 Å². The second kappa shape index (κ2) is 5.39. The molecule has 78 valence electrons. The van der Waals surface area contributed by atoms with Gasteiger partial charge in [-0.3, -0.25) is 0 Å². The highest BCUT2D eigenvalue weighted by atomic mass is 32.1. The van der Waals surface area contributed by atoms with Gasteiger partial charge in [0.1, 0.15) is 6.10 Å². The average molecular weight is 212 g/mol. The van der Waals surface area contributed by atoms with Crippen LogP contribution < -0.4 is 0 Å². The van der Waals surface area contributed by atoms with Crippen LogP contribution in [0.2, 0.25) is 0 Å². The number of aliphatic hydroxyl groups excluding tert-OH is 2. The molecule has 0 radical (unpaired) electrons. The highest BCUT2D eigenvalue weighted by Crippen LogP contribution is 2.22. The molecule has 0 aliphatic carbocycles. The highest BCUT2D eigenvalue weighted by Gasteiger charge is 2.18. The summed E-state index contributed by atoms with van der Waals surface area (Å²) in [6, 6.07) is 7.53. The molecule has 0 aliphatic heterocycles. The van der Waals surface area contributed by atoms with E-state index in [2.05, 4.69) is 12.6 Å². The number of aryl methyl sites for hydroxylation is 1. The van der Waals surface area contributed by atoms with Crippen molar-refractivity contribution in [3.05, 3.63) is 35.4 Å². The minimum absolute atomic E-state index is 0.499. The summed E-state index contributed by atoms with van der Waals surface area (Å²) in [4.78, 5) is 0. The summed E-state index contributed by atoms with van der Waals surface area (Å²) in [6.07, 6.45) is -1.03. The standard InChI is InChI=1S/C11H16O2S/c1-8-4-2-3-5-9(8)11(13)10(12)6-7-14/h2-5,10-14H,6-7H2,1H3. The third-order valence-electron chi connectivity index (χ3n) is 2.30. The maximum Gasteiger partial charge on any atom is 0.105 e. The molecular weight excluding hydrogens is 196 g/mol. The molecule has 0 saturated carbocycles. The van der Waals surface area contributed by atoms with Crippen molar-refractivity contribution in [3.8, 4) is 0 Å². The van der Waals surface area contributed by atoms with E-state index < -0.39 is 12.2 Å². The van der Waals surface area contributed by atoms with Crippen molar-refractivity contribution >= 4 is 12.6 Å². The fourth-order valence-corrected chi connectivity index (χ4v) is 1.68. The summed E-state index contributed by atoms with van der Waals surface area (Å²) in [5.74, 6) is 0.574. The SMILES string of the molecule is Cc1ccccc1C(O)C(O)CCS. The first-order valence-corrected chi connectivity index (χ1v) is 5.32. The van der Waals surface area contributed by atoms with Gasteiger partial charge in [0.25, 0.3) is 0 Å². The molecule has 1 aromatic rings. The van der Waals surface area contributed by atoms with E-state index in [0.717, 1.165) is 11.1 Å². The Labute approximate surface area is 90.0 Å². The van der Waals surface area contributed by atoms with Crippen LogP contribution in [-0.4, -0.2) is 22.1 Å². The number of thiol groups is 1. The summed E-state index contributed by atoms with van der Waals surface area (Å²) >= 11 is 4.02. The molecule has 1 rings (SSSR count). The van der Waals surface area contributed by atoms with E-state index in [1.807, 2.05) is 31.2 Å². The molecule has 2 unspecified atom stereocenters. The molecular formula is C11H16O2S. The van der Waals surface area contributed by atoms with Gasteiger partial charge in [-0.05, 0) is 30.2 Å². The van der Waals surface area contributed by atoms with E-state index in [0.29, 0.717) is 12.2 Å². The lowest BCUT2D eigenvalue weighted by Gasteiger charge is -2.18.